The number of methoxy groups -OCH3 is 2. The Morgan fingerprint density at radius 1 is 0.514 bits per heavy atom. The molecule has 0 amide bonds. The second-order valence-electron chi connectivity index (χ2n) is 7.71. The Labute approximate surface area is 225 Å². The maximum absolute atomic E-state index is 6.91. The van der Waals surface area contributed by atoms with Crippen molar-refractivity contribution in [3.63, 3.8) is 0 Å². The highest BCUT2D eigenvalue weighted by Crippen LogP contribution is 2.45. The predicted molar refractivity (Wildman–Crippen MR) is 144 cm³/mol. The van der Waals surface area contributed by atoms with Gasteiger partial charge in [0, 0.05) is 42.3 Å². The van der Waals surface area contributed by atoms with E-state index in [0.717, 1.165) is 22.3 Å². The number of hydrogen-bond acceptors (Lipinski definition) is 3. The molecule has 4 aromatic carbocycles. The summed E-state index contributed by atoms with van der Waals surface area (Å²) in [6, 6.07) is 25.9. The fourth-order valence-electron chi connectivity index (χ4n) is 3.96. The third-order valence-electron chi connectivity index (χ3n) is 5.60. The SMILES string of the molecule is COc1ccccc1C(OC(c1ccc(Cl)cc1Cl)c1ccccc1OC)c1ccc(Cl)cc1Cl. The lowest BCUT2D eigenvalue weighted by molar-refractivity contribution is 0.0284. The molecule has 0 radical (unpaired) electrons. The van der Waals surface area contributed by atoms with Gasteiger partial charge in [-0.3, -0.25) is 0 Å². The summed E-state index contributed by atoms with van der Waals surface area (Å²) in [5.41, 5.74) is 3.05. The molecule has 2 atom stereocenters. The van der Waals surface area contributed by atoms with Gasteiger partial charge in [0.15, 0.2) is 0 Å². The lowest BCUT2D eigenvalue weighted by Crippen LogP contribution is -2.15. The van der Waals surface area contributed by atoms with Crippen LogP contribution in [0.2, 0.25) is 20.1 Å². The molecule has 0 aromatic heterocycles. The van der Waals surface area contributed by atoms with Crippen LogP contribution in [0.3, 0.4) is 0 Å². The van der Waals surface area contributed by atoms with Crippen LogP contribution in [0.25, 0.3) is 0 Å². The number of hydrogen-bond donors (Lipinski definition) is 0. The van der Waals surface area contributed by atoms with Crippen LogP contribution < -0.4 is 9.47 Å². The van der Waals surface area contributed by atoms with Crippen molar-refractivity contribution < 1.29 is 14.2 Å². The second kappa shape index (κ2) is 11.6. The molecule has 180 valence electrons. The smallest absolute Gasteiger partial charge is 0.125 e. The van der Waals surface area contributed by atoms with E-state index in [1.165, 1.54) is 0 Å². The first-order chi connectivity index (χ1) is 16.9. The number of rotatable bonds is 8. The Balaban J connectivity index is 1.93. The number of ether oxygens (including phenoxy) is 3. The summed E-state index contributed by atoms with van der Waals surface area (Å²) in [7, 11) is 3.24. The molecule has 0 aliphatic carbocycles. The van der Waals surface area contributed by atoms with Gasteiger partial charge in [0.05, 0.1) is 14.2 Å². The van der Waals surface area contributed by atoms with Crippen LogP contribution in [0, 0.1) is 0 Å². The van der Waals surface area contributed by atoms with Gasteiger partial charge in [-0.15, -0.1) is 0 Å². The summed E-state index contributed by atoms with van der Waals surface area (Å²) < 4.78 is 18.2. The highest BCUT2D eigenvalue weighted by molar-refractivity contribution is 6.35. The summed E-state index contributed by atoms with van der Waals surface area (Å²) in [5, 5.41) is 1.99. The summed E-state index contributed by atoms with van der Waals surface area (Å²) in [4.78, 5) is 0. The monoisotopic (exact) mass is 546 g/mol. The fraction of sp³-hybridized carbons (Fsp3) is 0.143. The molecule has 3 nitrogen and oxygen atoms in total. The molecule has 0 saturated carbocycles. The summed E-state index contributed by atoms with van der Waals surface area (Å²) >= 11 is 25.8. The number of benzene rings is 4. The van der Waals surface area contributed by atoms with Crippen molar-refractivity contribution in [1.29, 1.82) is 0 Å². The summed E-state index contributed by atoms with van der Waals surface area (Å²) in [6.45, 7) is 0. The van der Waals surface area contributed by atoms with E-state index in [1.54, 1.807) is 38.5 Å². The second-order valence-corrected chi connectivity index (χ2v) is 9.40. The van der Waals surface area contributed by atoms with E-state index in [-0.39, 0.29) is 0 Å². The molecule has 0 fully saturated rings. The molecular weight excluding hydrogens is 526 g/mol. The lowest BCUT2D eigenvalue weighted by atomic mass is 9.96. The molecule has 0 bridgehead atoms. The predicted octanol–water partition coefficient (Wildman–Crippen LogP) is 9.21. The Morgan fingerprint density at radius 2 is 0.914 bits per heavy atom. The van der Waals surface area contributed by atoms with Gasteiger partial charge < -0.3 is 14.2 Å². The fourth-order valence-corrected chi connectivity index (χ4v) is 4.97. The van der Waals surface area contributed by atoms with Crippen LogP contribution in [0.1, 0.15) is 34.5 Å². The van der Waals surface area contributed by atoms with Crippen molar-refractivity contribution in [3.05, 3.63) is 127 Å². The zero-order valence-corrected chi connectivity index (χ0v) is 22.0. The van der Waals surface area contributed by atoms with Gasteiger partial charge >= 0.3 is 0 Å². The van der Waals surface area contributed by atoms with Gasteiger partial charge in [0.2, 0.25) is 0 Å². The van der Waals surface area contributed by atoms with E-state index in [2.05, 4.69) is 0 Å². The quantitative estimate of drug-likeness (QED) is 0.220. The molecule has 4 rings (SSSR count). The standard InChI is InChI=1S/C28H22Cl4O3/c1-33-25-9-5-3-7-21(25)27(19-13-11-17(29)15-23(19)31)35-28(20-14-12-18(30)16-24(20)32)22-8-4-6-10-26(22)34-2/h3-16,27-28H,1-2H3. The van der Waals surface area contributed by atoms with Crippen LogP contribution in [-0.2, 0) is 4.74 Å². The van der Waals surface area contributed by atoms with Crippen LogP contribution in [0.4, 0.5) is 0 Å². The first-order valence-corrected chi connectivity index (χ1v) is 12.2. The molecule has 0 saturated heterocycles. The van der Waals surface area contributed by atoms with Gasteiger partial charge in [0.1, 0.15) is 23.7 Å². The summed E-state index contributed by atoms with van der Waals surface area (Å²) in [6.07, 6.45) is -1.25. The van der Waals surface area contributed by atoms with Gasteiger partial charge in [-0.1, -0.05) is 94.9 Å². The Bertz CT molecular complexity index is 1220. The largest absolute Gasteiger partial charge is 0.496 e. The third kappa shape index (κ3) is 5.72. The van der Waals surface area contributed by atoms with Crippen molar-refractivity contribution in [2.24, 2.45) is 0 Å². The van der Waals surface area contributed by atoms with Gasteiger partial charge in [-0.2, -0.15) is 0 Å². The minimum absolute atomic E-state index is 0.467. The topological polar surface area (TPSA) is 27.7 Å². The molecule has 7 heteroatoms. The first kappa shape index (κ1) is 25.7. The maximum Gasteiger partial charge on any atom is 0.125 e. The average molecular weight is 548 g/mol. The molecule has 0 N–H and O–H groups in total. The molecular formula is C28H22Cl4O3. The molecule has 0 spiro atoms. The molecule has 35 heavy (non-hydrogen) atoms. The van der Waals surface area contributed by atoms with E-state index in [4.69, 9.17) is 60.6 Å². The Kier molecular flexibility index (Phi) is 8.48. The minimum Gasteiger partial charge on any atom is -0.496 e. The van der Waals surface area contributed by atoms with E-state index in [1.807, 2.05) is 60.7 Å². The van der Waals surface area contributed by atoms with Crippen molar-refractivity contribution in [3.8, 4) is 11.5 Å². The zero-order valence-electron chi connectivity index (χ0n) is 19.0. The van der Waals surface area contributed by atoms with Crippen LogP contribution in [0.5, 0.6) is 11.5 Å². The van der Waals surface area contributed by atoms with Crippen LogP contribution in [0.15, 0.2) is 84.9 Å². The molecule has 2 unspecified atom stereocenters. The highest BCUT2D eigenvalue weighted by atomic mass is 35.5. The van der Waals surface area contributed by atoms with Crippen molar-refractivity contribution >= 4 is 46.4 Å². The van der Waals surface area contributed by atoms with E-state index >= 15 is 0 Å². The third-order valence-corrected chi connectivity index (χ3v) is 6.73. The van der Waals surface area contributed by atoms with E-state index in [0.29, 0.717) is 31.6 Å². The highest BCUT2D eigenvalue weighted by Gasteiger charge is 2.30. The van der Waals surface area contributed by atoms with Crippen LogP contribution >= 0.6 is 46.4 Å². The average Bonchev–Trinajstić information content (AvgIpc) is 2.86. The molecule has 4 aromatic rings. The first-order valence-electron chi connectivity index (χ1n) is 10.7. The van der Waals surface area contributed by atoms with Gasteiger partial charge in [-0.25, -0.2) is 0 Å². The zero-order chi connectivity index (χ0) is 24.9. The number of halogens is 4. The normalized spacial score (nSPS) is 12.7. The molecule has 0 aliphatic rings. The van der Waals surface area contributed by atoms with Gasteiger partial charge in [-0.05, 0) is 36.4 Å². The van der Waals surface area contributed by atoms with Crippen molar-refractivity contribution in [1.82, 2.24) is 0 Å². The minimum atomic E-state index is -0.627. The maximum atomic E-state index is 6.91. The number of para-hydroxylation sites is 2. The summed E-state index contributed by atoms with van der Waals surface area (Å²) in [5.74, 6) is 1.31. The molecule has 0 aliphatic heterocycles. The van der Waals surface area contributed by atoms with E-state index in [9.17, 15) is 0 Å². The lowest BCUT2D eigenvalue weighted by Gasteiger charge is -2.29. The van der Waals surface area contributed by atoms with Crippen molar-refractivity contribution in [2.75, 3.05) is 14.2 Å². The Morgan fingerprint density at radius 3 is 1.29 bits per heavy atom. The van der Waals surface area contributed by atoms with Crippen molar-refractivity contribution in [2.45, 2.75) is 12.2 Å². The molecule has 0 heterocycles. The Hall–Kier alpha value is -2.40. The van der Waals surface area contributed by atoms with E-state index < -0.39 is 12.2 Å². The van der Waals surface area contributed by atoms with Crippen LogP contribution in [-0.4, -0.2) is 14.2 Å². The van der Waals surface area contributed by atoms with Gasteiger partial charge in [0.25, 0.3) is 0 Å².